The number of aromatic nitrogens is 1. The molecule has 3 rings (SSSR count). The molecule has 0 aliphatic heterocycles. The number of benzene rings is 2. The Kier molecular flexibility index (Phi) is 4.84. The fourth-order valence-electron chi connectivity index (χ4n) is 2.85. The number of anilines is 1. The summed E-state index contributed by atoms with van der Waals surface area (Å²) in [6, 6.07) is 14.7. The highest BCUT2D eigenvalue weighted by Gasteiger charge is 2.11. The van der Waals surface area contributed by atoms with Crippen LogP contribution in [-0.2, 0) is 23.0 Å². The molecule has 0 aliphatic rings. The van der Waals surface area contributed by atoms with Crippen LogP contribution in [0, 0.1) is 0 Å². The molecular formula is C20H20N2O3. The second kappa shape index (κ2) is 7.21. The number of fused-ring (bicyclic) bond motifs is 1. The standard InChI is InChI=1S/C20H20N2O3/c1-3-25-20(24)14-8-10-16(11-9-14)21-19(23)12-15-13-22(2)18-7-5-4-6-17(15)18/h4-11,13H,3,12H2,1-2H3,(H,21,23). The van der Waals surface area contributed by atoms with Gasteiger partial charge in [0.2, 0.25) is 5.91 Å². The van der Waals surface area contributed by atoms with Gasteiger partial charge in [0.05, 0.1) is 18.6 Å². The quantitative estimate of drug-likeness (QED) is 0.725. The molecule has 0 radical (unpaired) electrons. The van der Waals surface area contributed by atoms with Crippen LogP contribution in [0.15, 0.2) is 54.7 Å². The van der Waals surface area contributed by atoms with Crippen LogP contribution in [-0.4, -0.2) is 23.1 Å². The fraction of sp³-hybridized carbons (Fsp3) is 0.200. The predicted molar refractivity (Wildman–Crippen MR) is 97.7 cm³/mol. The van der Waals surface area contributed by atoms with Crippen molar-refractivity contribution in [1.29, 1.82) is 0 Å². The Hall–Kier alpha value is -3.08. The van der Waals surface area contributed by atoms with Crippen molar-refractivity contribution in [3.8, 4) is 0 Å². The lowest BCUT2D eigenvalue weighted by Gasteiger charge is -2.06. The average Bonchev–Trinajstić information content (AvgIpc) is 2.92. The number of carbonyl (C=O) groups excluding carboxylic acids is 2. The molecule has 25 heavy (non-hydrogen) atoms. The molecule has 0 saturated heterocycles. The van der Waals surface area contributed by atoms with Crippen LogP contribution in [0.2, 0.25) is 0 Å². The zero-order valence-electron chi connectivity index (χ0n) is 14.3. The molecule has 0 saturated carbocycles. The molecule has 0 spiro atoms. The number of carbonyl (C=O) groups is 2. The zero-order chi connectivity index (χ0) is 17.8. The number of amides is 1. The summed E-state index contributed by atoms with van der Waals surface area (Å²) in [5.41, 5.74) is 3.20. The van der Waals surface area contributed by atoms with E-state index in [2.05, 4.69) is 5.32 Å². The molecule has 1 aromatic heterocycles. The Labute approximate surface area is 146 Å². The summed E-state index contributed by atoms with van der Waals surface area (Å²) >= 11 is 0. The molecule has 1 amide bonds. The Morgan fingerprint density at radius 2 is 1.80 bits per heavy atom. The summed E-state index contributed by atoms with van der Waals surface area (Å²) in [6.07, 6.45) is 2.27. The topological polar surface area (TPSA) is 60.3 Å². The SMILES string of the molecule is CCOC(=O)c1ccc(NC(=O)Cc2cn(C)c3ccccc23)cc1. The highest BCUT2D eigenvalue weighted by molar-refractivity contribution is 5.96. The first-order valence-corrected chi connectivity index (χ1v) is 8.18. The predicted octanol–water partition coefficient (Wildman–Crippen LogP) is 3.54. The molecule has 5 nitrogen and oxygen atoms in total. The first kappa shape index (κ1) is 16.8. The molecule has 1 heterocycles. The number of nitrogens with one attached hydrogen (secondary N) is 1. The molecule has 0 aliphatic carbocycles. The van der Waals surface area contributed by atoms with Crippen LogP contribution in [0.5, 0.6) is 0 Å². The average molecular weight is 336 g/mol. The van der Waals surface area contributed by atoms with Crippen molar-refractivity contribution in [2.24, 2.45) is 7.05 Å². The van der Waals surface area contributed by atoms with Crippen molar-refractivity contribution in [2.45, 2.75) is 13.3 Å². The van der Waals surface area contributed by atoms with E-state index in [0.717, 1.165) is 16.5 Å². The van der Waals surface area contributed by atoms with Gasteiger partial charge in [-0.1, -0.05) is 18.2 Å². The van der Waals surface area contributed by atoms with E-state index in [0.29, 0.717) is 24.3 Å². The number of rotatable bonds is 5. The van der Waals surface area contributed by atoms with Crippen molar-refractivity contribution < 1.29 is 14.3 Å². The normalized spacial score (nSPS) is 10.6. The number of ether oxygens (including phenoxy) is 1. The van der Waals surface area contributed by atoms with Crippen LogP contribution in [0.1, 0.15) is 22.8 Å². The fourth-order valence-corrected chi connectivity index (χ4v) is 2.85. The minimum absolute atomic E-state index is 0.0970. The van der Waals surface area contributed by atoms with Gasteiger partial charge in [-0.15, -0.1) is 0 Å². The lowest BCUT2D eigenvalue weighted by atomic mass is 10.1. The molecule has 1 N–H and O–H groups in total. The van der Waals surface area contributed by atoms with Gasteiger partial charge < -0.3 is 14.6 Å². The van der Waals surface area contributed by atoms with E-state index < -0.39 is 0 Å². The van der Waals surface area contributed by atoms with Gasteiger partial charge in [-0.25, -0.2) is 4.79 Å². The first-order chi connectivity index (χ1) is 12.1. The van der Waals surface area contributed by atoms with Crippen molar-refractivity contribution in [3.63, 3.8) is 0 Å². The minimum Gasteiger partial charge on any atom is -0.462 e. The van der Waals surface area contributed by atoms with Gasteiger partial charge in [-0.3, -0.25) is 4.79 Å². The van der Waals surface area contributed by atoms with E-state index in [4.69, 9.17) is 4.74 Å². The molecule has 0 atom stereocenters. The maximum absolute atomic E-state index is 12.3. The van der Waals surface area contributed by atoms with Gasteiger partial charge in [0.15, 0.2) is 0 Å². The van der Waals surface area contributed by atoms with E-state index in [9.17, 15) is 9.59 Å². The van der Waals surface area contributed by atoms with Crippen molar-refractivity contribution in [3.05, 3.63) is 65.9 Å². The number of hydrogen-bond acceptors (Lipinski definition) is 3. The number of esters is 1. The van der Waals surface area contributed by atoms with Crippen LogP contribution >= 0.6 is 0 Å². The summed E-state index contributed by atoms with van der Waals surface area (Å²) in [7, 11) is 1.97. The van der Waals surface area contributed by atoms with E-state index in [1.807, 2.05) is 42.1 Å². The smallest absolute Gasteiger partial charge is 0.338 e. The minimum atomic E-state index is -0.365. The van der Waals surface area contributed by atoms with Crippen LogP contribution in [0.25, 0.3) is 10.9 Å². The maximum atomic E-state index is 12.3. The number of aryl methyl sites for hydroxylation is 1. The third-order valence-electron chi connectivity index (χ3n) is 4.01. The molecule has 5 heteroatoms. The number of para-hydroxylation sites is 1. The van der Waals surface area contributed by atoms with Gasteiger partial charge >= 0.3 is 5.97 Å². The van der Waals surface area contributed by atoms with Crippen molar-refractivity contribution in [2.75, 3.05) is 11.9 Å². The Morgan fingerprint density at radius 3 is 2.52 bits per heavy atom. The highest BCUT2D eigenvalue weighted by Crippen LogP contribution is 2.21. The molecule has 3 aromatic rings. The van der Waals surface area contributed by atoms with Gasteiger partial charge in [-0.2, -0.15) is 0 Å². The van der Waals surface area contributed by atoms with Crippen LogP contribution < -0.4 is 5.32 Å². The second-order valence-corrected chi connectivity index (χ2v) is 5.81. The zero-order valence-corrected chi connectivity index (χ0v) is 14.3. The summed E-state index contributed by atoms with van der Waals surface area (Å²) in [4.78, 5) is 24.0. The summed E-state index contributed by atoms with van der Waals surface area (Å²) in [5, 5.41) is 3.94. The summed E-state index contributed by atoms with van der Waals surface area (Å²) in [6.45, 7) is 2.10. The van der Waals surface area contributed by atoms with E-state index in [-0.39, 0.29) is 11.9 Å². The van der Waals surface area contributed by atoms with Crippen LogP contribution in [0.4, 0.5) is 5.69 Å². The molecule has 0 unspecified atom stereocenters. The summed E-state index contributed by atoms with van der Waals surface area (Å²) in [5.74, 6) is -0.462. The van der Waals surface area contributed by atoms with E-state index >= 15 is 0 Å². The lowest BCUT2D eigenvalue weighted by Crippen LogP contribution is -2.14. The summed E-state index contributed by atoms with van der Waals surface area (Å²) < 4.78 is 6.96. The third-order valence-corrected chi connectivity index (χ3v) is 4.01. The largest absolute Gasteiger partial charge is 0.462 e. The van der Waals surface area contributed by atoms with Crippen molar-refractivity contribution in [1.82, 2.24) is 4.57 Å². The molecule has 2 aromatic carbocycles. The molecular weight excluding hydrogens is 316 g/mol. The third kappa shape index (κ3) is 3.71. The number of hydrogen-bond donors (Lipinski definition) is 1. The van der Waals surface area contributed by atoms with Crippen molar-refractivity contribution >= 4 is 28.5 Å². The monoisotopic (exact) mass is 336 g/mol. The Bertz CT molecular complexity index is 910. The molecule has 128 valence electrons. The maximum Gasteiger partial charge on any atom is 0.338 e. The molecule has 0 fully saturated rings. The van der Waals surface area contributed by atoms with E-state index in [1.165, 1.54) is 0 Å². The van der Waals surface area contributed by atoms with Gasteiger partial charge in [0.1, 0.15) is 0 Å². The Balaban J connectivity index is 1.69. The van der Waals surface area contributed by atoms with Crippen LogP contribution in [0.3, 0.4) is 0 Å². The molecule has 0 bridgehead atoms. The second-order valence-electron chi connectivity index (χ2n) is 5.81. The highest BCUT2D eigenvalue weighted by atomic mass is 16.5. The van der Waals surface area contributed by atoms with Gasteiger partial charge in [-0.05, 0) is 42.8 Å². The lowest BCUT2D eigenvalue weighted by molar-refractivity contribution is -0.115. The number of nitrogens with zero attached hydrogens (tertiary/aromatic N) is 1. The van der Waals surface area contributed by atoms with E-state index in [1.54, 1.807) is 31.2 Å². The first-order valence-electron chi connectivity index (χ1n) is 8.18. The Morgan fingerprint density at radius 1 is 1.08 bits per heavy atom. The van der Waals surface area contributed by atoms with Gasteiger partial charge in [0.25, 0.3) is 0 Å². The van der Waals surface area contributed by atoms with Gasteiger partial charge in [0, 0.05) is 29.8 Å².